The van der Waals surface area contributed by atoms with Crippen molar-refractivity contribution >= 4 is 10.9 Å². The van der Waals surface area contributed by atoms with Crippen LogP contribution in [0.5, 0.6) is 5.88 Å². The quantitative estimate of drug-likeness (QED) is 0.831. The molecule has 90 valence electrons. The zero-order valence-corrected chi connectivity index (χ0v) is 9.99. The van der Waals surface area contributed by atoms with Crippen LogP contribution >= 0.6 is 0 Å². The Morgan fingerprint density at radius 3 is 2.94 bits per heavy atom. The SMILES string of the molecule is Cc1ccc2c(OC3CCNCC3)n[nH]c2c1. The van der Waals surface area contributed by atoms with Gasteiger partial charge < -0.3 is 10.1 Å². The second-order valence-corrected chi connectivity index (χ2v) is 4.65. The molecule has 0 unspecified atom stereocenters. The molecule has 0 bridgehead atoms. The van der Waals surface area contributed by atoms with Gasteiger partial charge in [0.2, 0.25) is 5.88 Å². The Bertz CT molecular complexity index is 514. The molecule has 17 heavy (non-hydrogen) atoms. The summed E-state index contributed by atoms with van der Waals surface area (Å²) in [5, 5.41) is 11.7. The Labute approximate surface area is 100 Å². The number of hydrogen-bond acceptors (Lipinski definition) is 3. The Kier molecular flexibility index (Phi) is 2.73. The molecule has 0 aliphatic carbocycles. The van der Waals surface area contributed by atoms with Crippen molar-refractivity contribution in [1.82, 2.24) is 15.5 Å². The van der Waals surface area contributed by atoms with E-state index in [9.17, 15) is 0 Å². The molecular weight excluding hydrogens is 214 g/mol. The maximum absolute atomic E-state index is 5.97. The van der Waals surface area contributed by atoms with Gasteiger partial charge in [-0.15, -0.1) is 5.10 Å². The van der Waals surface area contributed by atoms with E-state index in [-0.39, 0.29) is 0 Å². The number of rotatable bonds is 2. The number of aromatic nitrogens is 2. The average molecular weight is 231 g/mol. The van der Waals surface area contributed by atoms with Crippen molar-refractivity contribution in [2.24, 2.45) is 0 Å². The average Bonchev–Trinajstić information content (AvgIpc) is 2.73. The van der Waals surface area contributed by atoms with Crippen LogP contribution in [0.1, 0.15) is 18.4 Å². The molecule has 1 saturated heterocycles. The molecule has 1 aromatic heterocycles. The van der Waals surface area contributed by atoms with E-state index in [2.05, 4.69) is 40.6 Å². The number of piperidine rings is 1. The summed E-state index contributed by atoms with van der Waals surface area (Å²) in [5.74, 6) is 0.743. The third-order valence-corrected chi connectivity index (χ3v) is 3.25. The highest BCUT2D eigenvalue weighted by Crippen LogP contribution is 2.25. The summed E-state index contributed by atoms with van der Waals surface area (Å²) in [6, 6.07) is 6.26. The van der Waals surface area contributed by atoms with Gasteiger partial charge in [0.1, 0.15) is 6.10 Å². The summed E-state index contributed by atoms with van der Waals surface area (Å²) in [6.45, 7) is 4.14. The third-order valence-electron chi connectivity index (χ3n) is 3.25. The smallest absolute Gasteiger partial charge is 0.240 e. The first-order chi connectivity index (χ1) is 8.33. The van der Waals surface area contributed by atoms with Crippen molar-refractivity contribution in [2.45, 2.75) is 25.9 Å². The fourth-order valence-corrected chi connectivity index (χ4v) is 2.27. The van der Waals surface area contributed by atoms with Crippen LogP contribution in [0.4, 0.5) is 0 Å². The second kappa shape index (κ2) is 4.37. The van der Waals surface area contributed by atoms with Gasteiger partial charge in [0, 0.05) is 0 Å². The molecule has 0 amide bonds. The summed E-state index contributed by atoms with van der Waals surface area (Å²) in [6.07, 6.45) is 2.41. The predicted molar refractivity (Wildman–Crippen MR) is 67.4 cm³/mol. The van der Waals surface area contributed by atoms with Crippen LogP contribution in [0.15, 0.2) is 18.2 Å². The first-order valence-corrected chi connectivity index (χ1v) is 6.15. The molecule has 1 aliphatic heterocycles. The third kappa shape index (κ3) is 2.13. The topological polar surface area (TPSA) is 49.9 Å². The highest BCUT2D eigenvalue weighted by molar-refractivity contribution is 5.84. The van der Waals surface area contributed by atoms with Crippen LogP contribution in [0.3, 0.4) is 0 Å². The van der Waals surface area contributed by atoms with E-state index < -0.39 is 0 Å². The van der Waals surface area contributed by atoms with Crippen molar-refractivity contribution in [1.29, 1.82) is 0 Å². The van der Waals surface area contributed by atoms with Gasteiger partial charge in [-0.2, -0.15) is 0 Å². The molecule has 1 aliphatic rings. The molecule has 3 rings (SSSR count). The maximum Gasteiger partial charge on any atom is 0.240 e. The van der Waals surface area contributed by atoms with Gasteiger partial charge in [-0.1, -0.05) is 6.07 Å². The fraction of sp³-hybridized carbons (Fsp3) is 0.462. The number of ether oxygens (including phenoxy) is 1. The maximum atomic E-state index is 5.97. The van der Waals surface area contributed by atoms with E-state index >= 15 is 0 Å². The van der Waals surface area contributed by atoms with Crippen LogP contribution in [0.25, 0.3) is 10.9 Å². The summed E-state index contributed by atoms with van der Waals surface area (Å²) in [5.41, 5.74) is 2.28. The van der Waals surface area contributed by atoms with Crippen molar-refractivity contribution in [2.75, 3.05) is 13.1 Å². The molecule has 4 heteroatoms. The summed E-state index contributed by atoms with van der Waals surface area (Å²) < 4.78 is 5.97. The van der Waals surface area contributed by atoms with Crippen LogP contribution in [0.2, 0.25) is 0 Å². The molecule has 0 spiro atoms. The van der Waals surface area contributed by atoms with E-state index in [1.807, 2.05) is 0 Å². The number of aryl methyl sites for hydroxylation is 1. The van der Waals surface area contributed by atoms with Crippen molar-refractivity contribution in [3.8, 4) is 5.88 Å². The van der Waals surface area contributed by atoms with Crippen molar-refractivity contribution in [3.63, 3.8) is 0 Å². The van der Waals surface area contributed by atoms with E-state index in [1.54, 1.807) is 0 Å². The van der Waals surface area contributed by atoms with E-state index in [0.29, 0.717) is 6.10 Å². The highest BCUT2D eigenvalue weighted by Gasteiger charge is 2.17. The predicted octanol–water partition coefficient (Wildman–Crippen LogP) is 2.00. The molecule has 2 aromatic rings. The Morgan fingerprint density at radius 2 is 2.12 bits per heavy atom. The van der Waals surface area contributed by atoms with Crippen molar-refractivity contribution in [3.05, 3.63) is 23.8 Å². The largest absolute Gasteiger partial charge is 0.473 e. The van der Waals surface area contributed by atoms with Crippen molar-refractivity contribution < 1.29 is 4.74 Å². The number of aromatic amines is 1. The summed E-state index contributed by atoms with van der Waals surface area (Å²) in [7, 11) is 0. The molecule has 0 radical (unpaired) electrons. The molecule has 2 heterocycles. The van der Waals surface area contributed by atoms with E-state index in [0.717, 1.165) is 42.7 Å². The van der Waals surface area contributed by atoms with Gasteiger partial charge in [-0.3, -0.25) is 5.10 Å². The zero-order chi connectivity index (χ0) is 11.7. The number of benzene rings is 1. The van der Waals surface area contributed by atoms with E-state index in [1.165, 1.54) is 5.56 Å². The monoisotopic (exact) mass is 231 g/mol. The van der Waals surface area contributed by atoms with Crippen LogP contribution < -0.4 is 10.1 Å². The van der Waals surface area contributed by atoms with Crippen LogP contribution in [0, 0.1) is 6.92 Å². The van der Waals surface area contributed by atoms with Gasteiger partial charge in [-0.05, 0) is 50.6 Å². The molecule has 0 atom stereocenters. The minimum Gasteiger partial charge on any atom is -0.473 e. The number of nitrogens with zero attached hydrogens (tertiary/aromatic N) is 1. The number of nitrogens with one attached hydrogen (secondary N) is 2. The normalized spacial score (nSPS) is 17.5. The first-order valence-electron chi connectivity index (χ1n) is 6.15. The van der Waals surface area contributed by atoms with Gasteiger partial charge in [-0.25, -0.2) is 0 Å². The van der Waals surface area contributed by atoms with Gasteiger partial charge in [0.15, 0.2) is 0 Å². The molecule has 1 aromatic carbocycles. The Morgan fingerprint density at radius 1 is 1.29 bits per heavy atom. The summed E-state index contributed by atoms with van der Waals surface area (Å²) in [4.78, 5) is 0. The second-order valence-electron chi connectivity index (χ2n) is 4.65. The zero-order valence-electron chi connectivity index (χ0n) is 9.99. The van der Waals surface area contributed by atoms with Gasteiger partial charge in [0.25, 0.3) is 0 Å². The van der Waals surface area contributed by atoms with Gasteiger partial charge in [0.05, 0.1) is 10.9 Å². The lowest BCUT2D eigenvalue weighted by Gasteiger charge is -2.22. The van der Waals surface area contributed by atoms with Crippen LogP contribution in [-0.2, 0) is 0 Å². The standard InChI is InChI=1S/C13H17N3O/c1-9-2-3-11-12(8-9)15-16-13(11)17-10-4-6-14-7-5-10/h2-3,8,10,14H,4-7H2,1H3,(H,15,16). The molecule has 2 N–H and O–H groups in total. The first kappa shape index (κ1) is 10.6. The minimum absolute atomic E-state index is 0.295. The lowest BCUT2D eigenvalue weighted by atomic mass is 10.1. The van der Waals surface area contributed by atoms with Gasteiger partial charge >= 0.3 is 0 Å². The lowest BCUT2D eigenvalue weighted by Crippen LogP contribution is -2.34. The highest BCUT2D eigenvalue weighted by atomic mass is 16.5. The summed E-state index contributed by atoms with van der Waals surface area (Å²) >= 11 is 0. The molecule has 0 saturated carbocycles. The molecule has 1 fully saturated rings. The number of H-pyrrole nitrogens is 1. The molecule has 4 nitrogen and oxygen atoms in total. The van der Waals surface area contributed by atoms with Crippen LogP contribution in [-0.4, -0.2) is 29.4 Å². The Hall–Kier alpha value is -1.55. The number of hydrogen-bond donors (Lipinski definition) is 2. The molecular formula is C13H17N3O. The lowest BCUT2D eigenvalue weighted by molar-refractivity contribution is 0.158. The number of fused-ring (bicyclic) bond motifs is 1. The minimum atomic E-state index is 0.295. The van der Waals surface area contributed by atoms with E-state index in [4.69, 9.17) is 4.74 Å². The fourth-order valence-electron chi connectivity index (χ4n) is 2.27. The Balaban J connectivity index is 1.84.